The van der Waals surface area contributed by atoms with E-state index in [0.717, 1.165) is 69.1 Å². The van der Waals surface area contributed by atoms with Gasteiger partial charge in [-0.15, -0.1) is 0 Å². The molecule has 1 atom stereocenters. The van der Waals surface area contributed by atoms with E-state index in [2.05, 4.69) is 25.1 Å². The molecule has 0 bridgehead atoms. The molecule has 1 aromatic carbocycles. The fraction of sp³-hybridized carbons (Fsp3) is 0.542. The minimum absolute atomic E-state index is 0.0148. The normalized spacial score (nSPS) is 20.6. The molecule has 2 fully saturated rings. The SMILES string of the molecule is Cc1ccnc(N2CCCC(C(=O)NCC3CCN(Cc4ccccc4F)CC3)C2)n1. The number of nitrogens with zero attached hydrogens (tertiary/aromatic N) is 4. The number of benzene rings is 1. The van der Waals surface area contributed by atoms with Gasteiger partial charge in [0.25, 0.3) is 0 Å². The molecule has 4 rings (SSSR count). The van der Waals surface area contributed by atoms with Gasteiger partial charge in [-0.25, -0.2) is 14.4 Å². The largest absolute Gasteiger partial charge is 0.356 e. The Kier molecular flexibility index (Phi) is 7.12. The molecule has 6 nitrogen and oxygen atoms in total. The summed E-state index contributed by atoms with van der Waals surface area (Å²) in [4.78, 5) is 26.1. The van der Waals surface area contributed by atoms with Crippen molar-refractivity contribution in [3.8, 4) is 0 Å². The number of likely N-dealkylation sites (tertiary alicyclic amines) is 1. The second-order valence-electron chi connectivity index (χ2n) is 8.84. The van der Waals surface area contributed by atoms with Gasteiger partial charge in [-0.1, -0.05) is 18.2 Å². The van der Waals surface area contributed by atoms with Crippen LogP contribution in [0.5, 0.6) is 0 Å². The van der Waals surface area contributed by atoms with E-state index in [0.29, 0.717) is 19.0 Å². The lowest BCUT2D eigenvalue weighted by Crippen LogP contribution is -2.45. The van der Waals surface area contributed by atoms with Crippen molar-refractivity contribution < 1.29 is 9.18 Å². The fourth-order valence-electron chi connectivity index (χ4n) is 4.57. The van der Waals surface area contributed by atoms with Gasteiger partial charge < -0.3 is 10.2 Å². The number of amides is 1. The first-order valence-corrected chi connectivity index (χ1v) is 11.4. The van der Waals surface area contributed by atoms with E-state index in [1.54, 1.807) is 12.3 Å². The van der Waals surface area contributed by atoms with Crippen LogP contribution in [0.15, 0.2) is 36.5 Å². The summed E-state index contributed by atoms with van der Waals surface area (Å²) in [5.41, 5.74) is 1.70. The first kappa shape index (κ1) is 21.7. The Bertz CT molecular complexity index is 884. The highest BCUT2D eigenvalue weighted by atomic mass is 19.1. The molecule has 2 aromatic rings. The van der Waals surface area contributed by atoms with Crippen molar-refractivity contribution in [2.24, 2.45) is 11.8 Å². The van der Waals surface area contributed by atoms with Crippen LogP contribution in [0, 0.1) is 24.6 Å². The molecule has 1 unspecified atom stereocenters. The molecule has 31 heavy (non-hydrogen) atoms. The number of carbonyl (C=O) groups excluding carboxylic acids is 1. The summed E-state index contributed by atoms with van der Waals surface area (Å²) in [5.74, 6) is 1.21. The highest BCUT2D eigenvalue weighted by Crippen LogP contribution is 2.22. The number of piperidine rings is 2. The Balaban J connectivity index is 1.21. The molecule has 166 valence electrons. The van der Waals surface area contributed by atoms with Gasteiger partial charge in [-0.3, -0.25) is 9.69 Å². The molecule has 0 aliphatic carbocycles. The number of hydrogen-bond acceptors (Lipinski definition) is 5. The van der Waals surface area contributed by atoms with E-state index >= 15 is 0 Å². The minimum atomic E-state index is -0.130. The third-order valence-corrected chi connectivity index (χ3v) is 6.48. The average molecular weight is 426 g/mol. The summed E-state index contributed by atoms with van der Waals surface area (Å²) >= 11 is 0. The maximum Gasteiger partial charge on any atom is 0.225 e. The van der Waals surface area contributed by atoms with Crippen LogP contribution in [-0.2, 0) is 11.3 Å². The van der Waals surface area contributed by atoms with Crippen LogP contribution in [0.3, 0.4) is 0 Å². The average Bonchev–Trinajstić information content (AvgIpc) is 2.80. The molecular weight excluding hydrogens is 393 g/mol. The van der Waals surface area contributed by atoms with Crippen LogP contribution in [0.25, 0.3) is 0 Å². The van der Waals surface area contributed by atoms with Crippen molar-refractivity contribution in [3.63, 3.8) is 0 Å². The minimum Gasteiger partial charge on any atom is -0.356 e. The number of carbonyl (C=O) groups is 1. The van der Waals surface area contributed by atoms with E-state index in [-0.39, 0.29) is 17.6 Å². The molecule has 1 N–H and O–H groups in total. The van der Waals surface area contributed by atoms with Gasteiger partial charge in [0.1, 0.15) is 5.82 Å². The standard InChI is InChI=1S/C24H32FN5O/c1-18-8-11-26-24(28-18)30-12-4-6-21(17-30)23(31)27-15-19-9-13-29(14-10-19)16-20-5-2-3-7-22(20)25/h2-3,5,7-8,11,19,21H,4,6,9-10,12-17H2,1H3,(H,27,31). The summed E-state index contributed by atoms with van der Waals surface area (Å²) in [5, 5.41) is 3.19. The highest BCUT2D eigenvalue weighted by Gasteiger charge is 2.28. The molecule has 7 heteroatoms. The van der Waals surface area contributed by atoms with Crippen LogP contribution in [0.2, 0.25) is 0 Å². The Morgan fingerprint density at radius 2 is 1.97 bits per heavy atom. The molecule has 1 amide bonds. The molecule has 0 spiro atoms. The van der Waals surface area contributed by atoms with E-state index < -0.39 is 0 Å². The Morgan fingerprint density at radius 3 is 2.74 bits per heavy atom. The van der Waals surface area contributed by atoms with Crippen LogP contribution < -0.4 is 10.2 Å². The fourth-order valence-corrected chi connectivity index (χ4v) is 4.57. The van der Waals surface area contributed by atoms with Gasteiger partial charge in [-0.2, -0.15) is 0 Å². The summed E-state index contributed by atoms with van der Waals surface area (Å²) in [6.45, 7) is 6.80. The second kappa shape index (κ2) is 10.2. The molecular formula is C24H32FN5O. The Hall–Kier alpha value is -2.54. The zero-order valence-corrected chi connectivity index (χ0v) is 18.3. The number of hydrogen-bond donors (Lipinski definition) is 1. The van der Waals surface area contributed by atoms with Crippen molar-refractivity contribution in [1.29, 1.82) is 0 Å². The van der Waals surface area contributed by atoms with Crippen LogP contribution in [0.1, 0.15) is 36.9 Å². The van der Waals surface area contributed by atoms with Crippen molar-refractivity contribution in [3.05, 3.63) is 53.6 Å². The van der Waals surface area contributed by atoms with Gasteiger partial charge in [-0.05, 0) is 63.7 Å². The van der Waals surface area contributed by atoms with Gasteiger partial charge in [0, 0.05) is 43.6 Å². The first-order valence-electron chi connectivity index (χ1n) is 11.4. The van der Waals surface area contributed by atoms with Gasteiger partial charge in [0.2, 0.25) is 11.9 Å². The summed E-state index contributed by atoms with van der Waals surface area (Å²) < 4.78 is 13.9. The number of anilines is 1. The summed E-state index contributed by atoms with van der Waals surface area (Å²) in [6, 6.07) is 8.89. The smallest absolute Gasteiger partial charge is 0.225 e. The molecule has 2 saturated heterocycles. The molecule has 0 saturated carbocycles. The van der Waals surface area contributed by atoms with Gasteiger partial charge in [0.15, 0.2) is 0 Å². The predicted molar refractivity (Wildman–Crippen MR) is 119 cm³/mol. The maximum atomic E-state index is 13.9. The molecule has 0 radical (unpaired) electrons. The van der Waals surface area contributed by atoms with E-state index in [1.807, 2.05) is 25.1 Å². The number of rotatable bonds is 6. The zero-order valence-electron chi connectivity index (χ0n) is 18.3. The van der Waals surface area contributed by atoms with Crippen LogP contribution in [-0.4, -0.2) is 53.5 Å². The molecule has 1 aromatic heterocycles. The zero-order chi connectivity index (χ0) is 21.6. The van der Waals surface area contributed by atoms with Crippen molar-refractivity contribution in [2.75, 3.05) is 37.6 Å². The monoisotopic (exact) mass is 425 g/mol. The topological polar surface area (TPSA) is 61.4 Å². The van der Waals surface area contributed by atoms with Crippen molar-refractivity contribution >= 4 is 11.9 Å². The van der Waals surface area contributed by atoms with Crippen molar-refractivity contribution in [2.45, 2.75) is 39.2 Å². The number of nitrogens with one attached hydrogen (secondary N) is 1. The summed E-state index contributed by atoms with van der Waals surface area (Å²) in [7, 11) is 0. The van der Waals surface area contributed by atoms with E-state index in [4.69, 9.17) is 0 Å². The molecule has 2 aliphatic rings. The summed E-state index contributed by atoms with van der Waals surface area (Å²) in [6.07, 6.45) is 5.73. The lowest BCUT2D eigenvalue weighted by Gasteiger charge is -2.34. The molecule has 3 heterocycles. The predicted octanol–water partition coefficient (Wildman–Crippen LogP) is 3.17. The number of aromatic nitrogens is 2. The third-order valence-electron chi connectivity index (χ3n) is 6.48. The van der Waals surface area contributed by atoms with Crippen LogP contribution in [0.4, 0.5) is 10.3 Å². The Morgan fingerprint density at radius 1 is 1.16 bits per heavy atom. The molecule has 2 aliphatic heterocycles. The number of halogens is 1. The van der Waals surface area contributed by atoms with E-state index in [1.165, 1.54) is 6.07 Å². The second-order valence-corrected chi connectivity index (χ2v) is 8.84. The highest BCUT2D eigenvalue weighted by molar-refractivity contribution is 5.79. The maximum absolute atomic E-state index is 13.9. The first-order chi connectivity index (χ1) is 15.1. The lowest BCUT2D eigenvalue weighted by molar-refractivity contribution is -0.125. The number of aryl methyl sites for hydroxylation is 1. The van der Waals surface area contributed by atoms with Gasteiger partial charge >= 0.3 is 0 Å². The van der Waals surface area contributed by atoms with Crippen LogP contribution >= 0.6 is 0 Å². The quantitative estimate of drug-likeness (QED) is 0.770. The third kappa shape index (κ3) is 5.79. The lowest BCUT2D eigenvalue weighted by atomic mass is 9.94. The van der Waals surface area contributed by atoms with E-state index in [9.17, 15) is 9.18 Å². The Labute approximate surface area is 183 Å². The van der Waals surface area contributed by atoms with Crippen molar-refractivity contribution in [1.82, 2.24) is 20.2 Å². The van der Waals surface area contributed by atoms with Gasteiger partial charge in [0.05, 0.1) is 5.92 Å².